The second-order valence-corrected chi connectivity index (χ2v) is 13.1. The molecule has 0 aromatic heterocycles. The zero-order chi connectivity index (χ0) is 28.4. The number of nitrogens with zero attached hydrogens (tertiary/aromatic N) is 1. The van der Waals surface area contributed by atoms with Gasteiger partial charge in [-0.15, -0.1) is 0 Å². The second-order valence-electron chi connectivity index (χ2n) is 10.6. The van der Waals surface area contributed by atoms with Gasteiger partial charge >= 0.3 is 12.1 Å². The third kappa shape index (κ3) is 6.37. The van der Waals surface area contributed by atoms with Crippen molar-refractivity contribution in [2.75, 3.05) is 24.8 Å². The molecule has 0 bridgehead atoms. The summed E-state index contributed by atoms with van der Waals surface area (Å²) in [5.74, 6) is 6.05. The number of ether oxygens (including phenoxy) is 3. The molecule has 1 amide bonds. The number of hydrogen-bond donors (Lipinski definition) is 1. The van der Waals surface area contributed by atoms with Crippen molar-refractivity contribution in [3.63, 3.8) is 0 Å². The Morgan fingerprint density at radius 2 is 1.82 bits per heavy atom. The van der Waals surface area contributed by atoms with Crippen LogP contribution in [0.1, 0.15) is 44.2 Å². The number of carbonyl (C=O) groups excluding carboxylic acids is 1. The van der Waals surface area contributed by atoms with Crippen LogP contribution < -0.4 is 9.64 Å². The molecule has 4 rings (SSSR count). The van der Waals surface area contributed by atoms with E-state index in [9.17, 15) is 23.1 Å². The van der Waals surface area contributed by atoms with Gasteiger partial charge in [0.2, 0.25) is 0 Å². The summed E-state index contributed by atoms with van der Waals surface area (Å²) in [6, 6.07) is 14.9. The Hall–Kier alpha value is -3.55. The predicted octanol–water partition coefficient (Wildman–Crippen LogP) is 4.04. The fourth-order valence-electron chi connectivity index (χ4n) is 4.76. The predicted molar refractivity (Wildman–Crippen MR) is 145 cm³/mol. The van der Waals surface area contributed by atoms with Gasteiger partial charge in [-0.1, -0.05) is 24.0 Å². The van der Waals surface area contributed by atoms with Gasteiger partial charge in [0.1, 0.15) is 11.9 Å². The molecule has 2 aromatic carbocycles. The number of aliphatic carboxylic acids is 1. The van der Waals surface area contributed by atoms with Crippen LogP contribution in [0.15, 0.2) is 48.5 Å². The molecule has 39 heavy (non-hydrogen) atoms. The maximum absolute atomic E-state index is 12.4. The van der Waals surface area contributed by atoms with E-state index in [0.717, 1.165) is 42.9 Å². The van der Waals surface area contributed by atoms with E-state index in [1.54, 1.807) is 31.4 Å². The van der Waals surface area contributed by atoms with Crippen LogP contribution in [0.25, 0.3) is 0 Å². The summed E-state index contributed by atoms with van der Waals surface area (Å²) in [6.07, 6.45) is 0.707. The molecule has 0 radical (unpaired) electrons. The molecule has 2 unspecified atom stereocenters. The first-order valence-electron chi connectivity index (χ1n) is 12.6. The molecular formula is C29H33NO8S. The maximum Gasteiger partial charge on any atom is 0.414 e. The van der Waals surface area contributed by atoms with E-state index in [-0.39, 0.29) is 24.5 Å². The molecular weight excluding hydrogens is 522 g/mol. The SMILES string of the molecule is COc1ccc(COC2(C)CC(C#Cc3ccc(N4CC(CC(C)(C(=O)O)S(C)(=O)=O)OC4=O)cc3)C2)cc1. The van der Waals surface area contributed by atoms with E-state index in [1.807, 2.05) is 24.3 Å². The minimum atomic E-state index is -3.93. The lowest BCUT2D eigenvalue weighted by atomic mass is 9.72. The third-order valence-electron chi connectivity index (χ3n) is 7.46. The Balaban J connectivity index is 1.30. The molecule has 10 heteroatoms. The summed E-state index contributed by atoms with van der Waals surface area (Å²) < 4.78 is 38.7. The summed E-state index contributed by atoms with van der Waals surface area (Å²) in [5.41, 5.74) is 2.24. The van der Waals surface area contributed by atoms with Crippen LogP contribution in [0.5, 0.6) is 5.75 Å². The van der Waals surface area contributed by atoms with E-state index < -0.39 is 32.8 Å². The summed E-state index contributed by atoms with van der Waals surface area (Å²) in [5, 5.41) is 9.48. The van der Waals surface area contributed by atoms with E-state index >= 15 is 0 Å². The number of hydrogen-bond acceptors (Lipinski definition) is 7. The van der Waals surface area contributed by atoms with Crippen LogP contribution in [0.4, 0.5) is 10.5 Å². The second kappa shape index (κ2) is 10.9. The monoisotopic (exact) mass is 555 g/mol. The number of rotatable bonds is 9. The zero-order valence-electron chi connectivity index (χ0n) is 22.5. The van der Waals surface area contributed by atoms with Crippen LogP contribution in [-0.4, -0.2) is 61.9 Å². The summed E-state index contributed by atoms with van der Waals surface area (Å²) in [6.45, 7) is 3.82. The largest absolute Gasteiger partial charge is 0.497 e. The number of methoxy groups -OCH3 is 1. The minimum absolute atomic E-state index is 0.0550. The lowest BCUT2D eigenvalue weighted by molar-refractivity contribution is -0.140. The third-order valence-corrected chi connectivity index (χ3v) is 9.44. The highest BCUT2D eigenvalue weighted by Gasteiger charge is 2.48. The van der Waals surface area contributed by atoms with Crippen LogP contribution in [0, 0.1) is 17.8 Å². The molecule has 2 atom stereocenters. The molecule has 9 nitrogen and oxygen atoms in total. The van der Waals surface area contributed by atoms with Gasteiger partial charge < -0.3 is 19.3 Å². The van der Waals surface area contributed by atoms with Crippen molar-refractivity contribution in [1.29, 1.82) is 0 Å². The van der Waals surface area contributed by atoms with Crippen LogP contribution >= 0.6 is 0 Å². The number of carboxylic acids is 1. The van der Waals surface area contributed by atoms with Gasteiger partial charge in [0.15, 0.2) is 14.6 Å². The molecule has 208 valence electrons. The van der Waals surface area contributed by atoms with Crippen LogP contribution in [0.2, 0.25) is 0 Å². The maximum atomic E-state index is 12.4. The molecule has 2 fully saturated rings. The average molecular weight is 556 g/mol. The number of benzene rings is 2. The Morgan fingerprint density at radius 1 is 1.18 bits per heavy atom. The Labute approximate surface area is 229 Å². The number of amides is 1. The van der Waals surface area contributed by atoms with Gasteiger partial charge in [0, 0.05) is 29.8 Å². The fraction of sp³-hybridized carbons (Fsp3) is 0.448. The lowest BCUT2D eigenvalue weighted by Gasteiger charge is -2.42. The van der Waals surface area contributed by atoms with Gasteiger partial charge in [-0.2, -0.15) is 0 Å². The van der Waals surface area contributed by atoms with E-state index in [0.29, 0.717) is 12.3 Å². The Bertz CT molecular complexity index is 1390. The average Bonchev–Trinajstić information content (AvgIpc) is 3.24. The molecule has 2 aliphatic rings. The van der Waals surface area contributed by atoms with Crippen molar-refractivity contribution in [3.8, 4) is 17.6 Å². The van der Waals surface area contributed by atoms with Crippen molar-refractivity contribution < 1.29 is 37.3 Å². The van der Waals surface area contributed by atoms with Crippen molar-refractivity contribution in [3.05, 3.63) is 59.7 Å². The van der Waals surface area contributed by atoms with Crippen molar-refractivity contribution >= 4 is 27.6 Å². The minimum Gasteiger partial charge on any atom is -0.497 e. The van der Waals surface area contributed by atoms with Gasteiger partial charge in [-0.25, -0.2) is 13.2 Å². The Morgan fingerprint density at radius 3 is 2.38 bits per heavy atom. The topological polar surface area (TPSA) is 119 Å². The highest BCUT2D eigenvalue weighted by molar-refractivity contribution is 7.92. The quantitative estimate of drug-likeness (QED) is 0.461. The standard InChI is InChI=1S/C29H33NO8S/c1-28(37-19-21-9-13-24(36-3)14-10-21)15-22(16-28)6-5-20-7-11-23(12-8-20)30-18-25(38-27(30)33)17-29(2,26(31)32)39(4,34)35/h7-14,22,25H,15-19H2,1-4H3,(H,31,32). The normalized spacial score (nSPS) is 24.1. The molecule has 1 saturated heterocycles. The van der Waals surface area contributed by atoms with Crippen LogP contribution in [-0.2, 0) is 30.7 Å². The van der Waals surface area contributed by atoms with Crippen molar-refractivity contribution in [2.24, 2.45) is 5.92 Å². The van der Waals surface area contributed by atoms with E-state index in [2.05, 4.69) is 18.8 Å². The first-order chi connectivity index (χ1) is 18.3. The number of carboxylic acid groups (broad SMARTS) is 1. The Kier molecular flexibility index (Phi) is 7.96. The molecule has 1 saturated carbocycles. The van der Waals surface area contributed by atoms with Gasteiger partial charge in [0.25, 0.3) is 0 Å². The molecule has 2 aromatic rings. The first kappa shape index (κ1) is 28.5. The number of carbonyl (C=O) groups is 2. The van der Waals surface area contributed by atoms with Crippen LogP contribution in [0.3, 0.4) is 0 Å². The first-order valence-corrected chi connectivity index (χ1v) is 14.5. The zero-order valence-corrected chi connectivity index (χ0v) is 23.3. The van der Waals surface area contributed by atoms with E-state index in [4.69, 9.17) is 14.2 Å². The van der Waals surface area contributed by atoms with Gasteiger partial charge in [0.05, 0.1) is 25.9 Å². The van der Waals surface area contributed by atoms with E-state index in [1.165, 1.54) is 4.90 Å². The van der Waals surface area contributed by atoms with Crippen molar-refractivity contribution in [2.45, 2.75) is 56.2 Å². The molecule has 0 spiro atoms. The molecule has 1 N–H and O–H groups in total. The lowest BCUT2D eigenvalue weighted by Crippen LogP contribution is -2.46. The highest BCUT2D eigenvalue weighted by Crippen LogP contribution is 2.41. The number of sulfone groups is 1. The molecule has 1 heterocycles. The molecule has 1 aliphatic heterocycles. The number of cyclic esters (lactones) is 1. The fourth-order valence-corrected chi connectivity index (χ4v) is 5.57. The highest BCUT2D eigenvalue weighted by atomic mass is 32.2. The van der Waals surface area contributed by atoms with Crippen molar-refractivity contribution in [1.82, 2.24) is 0 Å². The summed E-state index contributed by atoms with van der Waals surface area (Å²) in [7, 11) is -2.29. The summed E-state index contributed by atoms with van der Waals surface area (Å²) in [4.78, 5) is 25.4. The summed E-state index contributed by atoms with van der Waals surface area (Å²) >= 11 is 0. The number of anilines is 1. The molecule has 1 aliphatic carbocycles. The van der Waals surface area contributed by atoms with Gasteiger partial charge in [-0.3, -0.25) is 9.69 Å². The van der Waals surface area contributed by atoms with Gasteiger partial charge in [-0.05, 0) is 68.7 Å². The smallest absolute Gasteiger partial charge is 0.414 e.